The summed E-state index contributed by atoms with van der Waals surface area (Å²) in [6, 6.07) is 15.0. The lowest BCUT2D eigenvalue weighted by Crippen LogP contribution is -2.54. The Morgan fingerprint density at radius 1 is 1.03 bits per heavy atom. The summed E-state index contributed by atoms with van der Waals surface area (Å²) in [6.07, 6.45) is -1.44. The Morgan fingerprint density at radius 3 is 2.07 bits per heavy atom. The maximum absolute atomic E-state index is 12.5. The maximum atomic E-state index is 12.5. The van der Waals surface area contributed by atoms with Gasteiger partial charge in [-0.25, -0.2) is 10.3 Å². The minimum Gasteiger partial charge on any atom is -0.449 e. The minimum atomic E-state index is -1.11. The van der Waals surface area contributed by atoms with Gasteiger partial charge < -0.3 is 14.8 Å². The summed E-state index contributed by atoms with van der Waals surface area (Å²) in [4.78, 5) is 24.5. The minimum absolute atomic E-state index is 0.0866. The first-order valence-electron chi connectivity index (χ1n) is 9.94. The standard InChI is InChI=1S/C23H28N2O5/c1-14(30-23(2,3)4)20(21(26)25-28)24-22(27)29-13-19-17-11-7-5-9-15(17)16-10-6-8-12-18(16)19/h5-12,14,19-20,28H,13H2,1-4H3,(H,24,27)(H,25,26). The molecule has 2 amide bonds. The zero-order chi connectivity index (χ0) is 21.9. The van der Waals surface area contributed by atoms with E-state index in [1.165, 1.54) is 0 Å². The molecule has 0 saturated heterocycles. The number of amides is 2. The molecule has 160 valence electrons. The Balaban J connectivity index is 1.69. The van der Waals surface area contributed by atoms with Gasteiger partial charge in [-0.05, 0) is 49.9 Å². The Kier molecular flexibility index (Phi) is 6.43. The highest BCUT2D eigenvalue weighted by Crippen LogP contribution is 2.44. The van der Waals surface area contributed by atoms with Crippen LogP contribution in [0.4, 0.5) is 4.79 Å². The summed E-state index contributed by atoms with van der Waals surface area (Å²) >= 11 is 0. The summed E-state index contributed by atoms with van der Waals surface area (Å²) in [5.74, 6) is -0.864. The predicted octanol–water partition coefficient (Wildman–Crippen LogP) is 3.60. The summed E-state index contributed by atoms with van der Waals surface area (Å²) in [5, 5.41) is 11.5. The van der Waals surface area contributed by atoms with Crippen molar-refractivity contribution in [2.75, 3.05) is 6.61 Å². The molecule has 3 rings (SSSR count). The van der Waals surface area contributed by atoms with Crippen LogP contribution < -0.4 is 10.8 Å². The number of hydroxylamine groups is 1. The molecule has 7 nitrogen and oxygen atoms in total. The molecule has 0 aromatic heterocycles. The molecular formula is C23H28N2O5. The Hall–Kier alpha value is -2.90. The third kappa shape index (κ3) is 4.80. The van der Waals surface area contributed by atoms with Gasteiger partial charge in [-0.15, -0.1) is 0 Å². The molecule has 2 atom stereocenters. The van der Waals surface area contributed by atoms with Gasteiger partial charge in [0, 0.05) is 5.92 Å². The van der Waals surface area contributed by atoms with Gasteiger partial charge in [-0.1, -0.05) is 48.5 Å². The fourth-order valence-corrected chi connectivity index (χ4v) is 3.86. The van der Waals surface area contributed by atoms with Crippen LogP contribution in [0.2, 0.25) is 0 Å². The topological polar surface area (TPSA) is 96.9 Å². The lowest BCUT2D eigenvalue weighted by Gasteiger charge is -2.30. The van der Waals surface area contributed by atoms with E-state index in [0.717, 1.165) is 22.3 Å². The van der Waals surface area contributed by atoms with Crippen LogP contribution in [0, 0.1) is 0 Å². The highest BCUT2D eigenvalue weighted by atomic mass is 16.6. The van der Waals surface area contributed by atoms with Gasteiger partial charge >= 0.3 is 6.09 Å². The number of hydrogen-bond donors (Lipinski definition) is 3. The van der Waals surface area contributed by atoms with Gasteiger partial charge in [0.05, 0.1) is 11.7 Å². The molecule has 0 bridgehead atoms. The van der Waals surface area contributed by atoms with Crippen LogP contribution in [0.25, 0.3) is 11.1 Å². The second-order valence-corrected chi connectivity index (χ2v) is 8.36. The van der Waals surface area contributed by atoms with Crippen molar-refractivity contribution in [2.24, 2.45) is 0 Å². The number of carbonyl (C=O) groups is 2. The number of nitrogens with one attached hydrogen (secondary N) is 2. The monoisotopic (exact) mass is 412 g/mol. The normalized spacial score (nSPS) is 15.0. The van der Waals surface area contributed by atoms with Crippen molar-refractivity contribution in [3.8, 4) is 11.1 Å². The second kappa shape index (κ2) is 8.85. The van der Waals surface area contributed by atoms with Gasteiger partial charge in [0.25, 0.3) is 5.91 Å². The average molecular weight is 412 g/mol. The van der Waals surface area contributed by atoms with E-state index in [1.807, 2.05) is 57.2 Å². The van der Waals surface area contributed by atoms with Crippen LogP contribution in [-0.2, 0) is 14.3 Å². The number of benzene rings is 2. The average Bonchev–Trinajstić information content (AvgIpc) is 3.02. The first kappa shape index (κ1) is 21.8. The fraction of sp³-hybridized carbons (Fsp3) is 0.391. The van der Waals surface area contributed by atoms with E-state index in [9.17, 15) is 9.59 Å². The molecule has 1 aliphatic rings. The molecule has 0 fully saturated rings. The molecule has 7 heteroatoms. The molecule has 0 saturated carbocycles. The number of hydrogen-bond acceptors (Lipinski definition) is 5. The number of ether oxygens (including phenoxy) is 2. The predicted molar refractivity (Wildman–Crippen MR) is 112 cm³/mol. The van der Waals surface area contributed by atoms with Crippen LogP contribution in [0.3, 0.4) is 0 Å². The second-order valence-electron chi connectivity index (χ2n) is 8.36. The van der Waals surface area contributed by atoms with Crippen molar-refractivity contribution in [1.29, 1.82) is 0 Å². The number of alkyl carbamates (subject to hydrolysis) is 1. The molecule has 0 spiro atoms. The van der Waals surface area contributed by atoms with Crippen LogP contribution in [0.5, 0.6) is 0 Å². The SMILES string of the molecule is CC(OC(C)(C)C)C(NC(=O)OCC1c2ccccc2-c2ccccc21)C(=O)NO. The van der Waals surface area contributed by atoms with Crippen LogP contribution >= 0.6 is 0 Å². The highest BCUT2D eigenvalue weighted by molar-refractivity contribution is 5.85. The summed E-state index contributed by atoms with van der Waals surface area (Å²) in [5.41, 5.74) is 5.50. The third-order valence-corrected chi connectivity index (χ3v) is 5.02. The molecule has 0 heterocycles. The molecule has 2 aromatic carbocycles. The molecule has 3 N–H and O–H groups in total. The molecule has 2 aromatic rings. The van der Waals surface area contributed by atoms with E-state index in [1.54, 1.807) is 12.4 Å². The highest BCUT2D eigenvalue weighted by Gasteiger charge is 2.32. The Labute approximate surface area is 176 Å². The van der Waals surface area contributed by atoms with E-state index < -0.39 is 29.7 Å². The van der Waals surface area contributed by atoms with Crippen molar-refractivity contribution < 1.29 is 24.3 Å². The van der Waals surface area contributed by atoms with Crippen molar-refractivity contribution >= 4 is 12.0 Å². The summed E-state index contributed by atoms with van der Waals surface area (Å²) in [7, 11) is 0. The molecule has 30 heavy (non-hydrogen) atoms. The largest absolute Gasteiger partial charge is 0.449 e. The van der Waals surface area contributed by atoms with E-state index in [2.05, 4.69) is 17.4 Å². The van der Waals surface area contributed by atoms with Crippen molar-refractivity contribution in [3.63, 3.8) is 0 Å². The zero-order valence-corrected chi connectivity index (χ0v) is 17.6. The van der Waals surface area contributed by atoms with Gasteiger partial charge in [0.2, 0.25) is 0 Å². The third-order valence-electron chi connectivity index (χ3n) is 5.02. The maximum Gasteiger partial charge on any atom is 0.407 e. The number of rotatable bonds is 6. The van der Waals surface area contributed by atoms with Crippen LogP contribution in [0.1, 0.15) is 44.7 Å². The Bertz CT molecular complexity index is 876. The Morgan fingerprint density at radius 2 is 1.57 bits per heavy atom. The molecular weight excluding hydrogens is 384 g/mol. The van der Waals surface area contributed by atoms with Crippen LogP contribution in [-0.4, -0.2) is 41.6 Å². The lowest BCUT2D eigenvalue weighted by molar-refractivity contribution is -0.139. The number of fused-ring (bicyclic) bond motifs is 3. The first-order valence-corrected chi connectivity index (χ1v) is 9.94. The van der Waals surface area contributed by atoms with E-state index in [-0.39, 0.29) is 12.5 Å². The van der Waals surface area contributed by atoms with E-state index >= 15 is 0 Å². The van der Waals surface area contributed by atoms with Crippen molar-refractivity contribution in [3.05, 3.63) is 59.7 Å². The molecule has 2 unspecified atom stereocenters. The number of carbonyl (C=O) groups excluding carboxylic acids is 2. The summed E-state index contributed by atoms with van der Waals surface area (Å²) in [6.45, 7) is 7.29. The molecule has 0 radical (unpaired) electrons. The van der Waals surface area contributed by atoms with Gasteiger partial charge in [0.1, 0.15) is 12.6 Å². The smallest absolute Gasteiger partial charge is 0.407 e. The fourth-order valence-electron chi connectivity index (χ4n) is 3.86. The van der Waals surface area contributed by atoms with E-state index in [0.29, 0.717) is 0 Å². The summed E-state index contributed by atoms with van der Waals surface area (Å²) < 4.78 is 11.2. The van der Waals surface area contributed by atoms with Crippen molar-refractivity contribution in [2.45, 2.75) is 51.4 Å². The molecule has 0 aliphatic heterocycles. The van der Waals surface area contributed by atoms with E-state index in [4.69, 9.17) is 14.7 Å². The van der Waals surface area contributed by atoms with Gasteiger partial charge in [0.15, 0.2) is 0 Å². The van der Waals surface area contributed by atoms with Gasteiger partial charge in [-0.2, -0.15) is 0 Å². The quantitative estimate of drug-likeness (QED) is 0.498. The van der Waals surface area contributed by atoms with Crippen LogP contribution in [0.15, 0.2) is 48.5 Å². The van der Waals surface area contributed by atoms with Gasteiger partial charge in [-0.3, -0.25) is 10.0 Å². The molecule has 1 aliphatic carbocycles. The zero-order valence-electron chi connectivity index (χ0n) is 17.6. The first-order chi connectivity index (χ1) is 14.2. The lowest BCUT2D eigenvalue weighted by atomic mass is 9.98. The van der Waals surface area contributed by atoms with Crippen molar-refractivity contribution in [1.82, 2.24) is 10.8 Å².